The monoisotopic (exact) mass is 417 g/mol. The van der Waals surface area contributed by atoms with E-state index in [2.05, 4.69) is 20.2 Å². The molecule has 0 amide bonds. The van der Waals surface area contributed by atoms with Crippen LogP contribution in [0.2, 0.25) is 0 Å². The van der Waals surface area contributed by atoms with Gasteiger partial charge in [-0.3, -0.25) is 0 Å². The zero-order valence-corrected chi connectivity index (χ0v) is 17.4. The minimum atomic E-state index is -0.260. The van der Waals surface area contributed by atoms with Crippen LogP contribution in [0.1, 0.15) is 35.5 Å². The van der Waals surface area contributed by atoms with Gasteiger partial charge >= 0.3 is 0 Å². The highest BCUT2D eigenvalue weighted by molar-refractivity contribution is 5.88. The molecule has 6 rings (SSSR count). The highest BCUT2D eigenvalue weighted by Crippen LogP contribution is 2.54. The summed E-state index contributed by atoms with van der Waals surface area (Å²) < 4.78 is 14.4. The molecular weight excluding hydrogens is 393 g/mol. The smallest absolute Gasteiger partial charge is 0.140 e. The largest absolute Gasteiger partial charge is 0.388 e. The Labute approximate surface area is 180 Å². The van der Waals surface area contributed by atoms with E-state index < -0.39 is 0 Å². The Kier molecular flexibility index (Phi) is 4.02. The number of hydrogen-bond acceptors (Lipinski definition) is 7. The predicted molar refractivity (Wildman–Crippen MR) is 116 cm³/mol. The van der Waals surface area contributed by atoms with Crippen molar-refractivity contribution >= 4 is 11.5 Å². The van der Waals surface area contributed by atoms with Gasteiger partial charge in [0.15, 0.2) is 0 Å². The lowest BCUT2D eigenvalue weighted by Crippen LogP contribution is -2.30. The van der Waals surface area contributed by atoms with Crippen molar-refractivity contribution in [3.63, 3.8) is 0 Å². The summed E-state index contributed by atoms with van der Waals surface area (Å²) >= 11 is 0. The van der Waals surface area contributed by atoms with Gasteiger partial charge in [0, 0.05) is 68.1 Å². The van der Waals surface area contributed by atoms with E-state index in [0.29, 0.717) is 12.8 Å². The Bertz CT molecular complexity index is 1180. The second kappa shape index (κ2) is 6.68. The van der Waals surface area contributed by atoms with Gasteiger partial charge in [0.2, 0.25) is 0 Å². The number of hydrogen-bond donors (Lipinski definition) is 2. The lowest BCUT2D eigenvalue weighted by molar-refractivity contribution is 0.499. The molecule has 1 saturated carbocycles. The number of aromatic nitrogens is 4. The molecule has 2 aromatic heterocycles. The van der Waals surface area contributed by atoms with Crippen LogP contribution in [0.15, 0.2) is 30.9 Å². The van der Waals surface area contributed by atoms with E-state index in [0.717, 1.165) is 58.4 Å². The van der Waals surface area contributed by atoms with Gasteiger partial charge in [0.25, 0.3) is 0 Å². The average Bonchev–Trinajstić information content (AvgIpc) is 3.35. The zero-order valence-electron chi connectivity index (χ0n) is 17.4. The lowest BCUT2D eigenvalue weighted by atomic mass is 10.0. The molecule has 3 heterocycles. The SMILES string of the molecule is CNc1cc(F)cc2c1Cc1nc(Cc3cncnc3)nc(N3C[C@H](N)C4(CC4)C3)c1-2. The second-order valence-electron chi connectivity index (χ2n) is 8.96. The van der Waals surface area contributed by atoms with Crippen molar-refractivity contribution in [2.75, 3.05) is 30.4 Å². The quantitative estimate of drug-likeness (QED) is 0.527. The summed E-state index contributed by atoms with van der Waals surface area (Å²) in [6.07, 6.45) is 8.64. The lowest BCUT2D eigenvalue weighted by Gasteiger charge is -2.22. The van der Waals surface area contributed by atoms with Crippen molar-refractivity contribution in [2.24, 2.45) is 11.1 Å². The van der Waals surface area contributed by atoms with E-state index in [4.69, 9.17) is 15.7 Å². The Balaban J connectivity index is 1.49. The minimum Gasteiger partial charge on any atom is -0.388 e. The van der Waals surface area contributed by atoms with Gasteiger partial charge in [-0.2, -0.15) is 0 Å². The number of nitrogens with zero attached hydrogens (tertiary/aromatic N) is 5. The predicted octanol–water partition coefficient (Wildman–Crippen LogP) is 2.54. The molecule has 0 bridgehead atoms. The van der Waals surface area contributed by atoms with E-state index >= 15 is 0 Å². The fourth-order valence-electron chi connectivity index (χ4n) is 5.14. The summed E-state index contributed by atoms with van der Waals surface area (Å²) in [5, 5.41) is 3.14. The standard InChI is InChI=1S/C23H24FN7/c1-26-17-6-14(24)5-16-15(17)7-18-21(16)22(31-10-19(25)23(11-31)2-3-23)30-20(29-18)4-13-8-27-12-28-9-13/h5-6,8-9,12,19,26H,2-4,7,10-11,25H2,1H3/t19-/m0/s1. The normalized spacial score (nSPS) is 20.1. The Morgan fingerprint density at radius 1 is 1.23 bits per heavy atom. The third-order valence-electron chi connectivity index (χ3n) is 6.99. The van der Waals surface area contributed by atoms with Crippen LogP contribution in [-0.2, 0) is 12.8 Å². The van der Waals surface area contributed by atoms with Crippen molar-refractivity contribution in [1.82, 2.24) is 19.9 Å². The van der Waals surface area contributed by atoms with Crippen molar-refractivity contribution in [3.8, 4) is 11.1 Å². The minimum absolute atomic E-state index is 0.144. The van der Waals surface area contributed by atoms with Crippen LogP contribution in [-0.4, -0.2) is 46.1 Å². The molecule has 3 N–H and O–H groups in total. The fraction of sp³-hybridized carbons (Fsp3) is 0.391. The number of halogens is 1. The highest BCUT2D eigenvalue weighted by Gasteiger charge is 2.54. The summed E-state index contributed by atoms with van der Waals surface area (Å²) in [5.74, 6) is 1.35. The maximum atomic E-state index is 14.4. The van der Waals surface area contributed by atoms with Gasteiger partial charge in [-0.15, -0.1) is 0 Å². The van der Waals surface area contributed by atoms with Crippen LogP contribution < -0.4 is 16.0 Å². The maximum absolute atomic E-state index is 14.4. The van der Waals surface area contributed by atoms with Gasteiger partial charge in [-0.1, -0.05) is 0 Å². The molecule has 1 aromatic carbocycles. The number of nitrogens with one attached hydrogen (secondary N) is 1. The molecule has 3 aromatic rings. The van der Waals surface area contributed by atoms with Crippen molar-refractivity contribution < 1.29 is 4.39 Å². The van der Waals surface area contributed by atoms with Crippen molar-refractivity contribution in [3.05, 3.63) is 59.3 Å². The van der Waals surface area contributed by atoms with E-state index in [1.54, 1.807) is 24.5 Å². The molecule has 2 aliphatic carbocycles. The highest BCUT2D eigenvalue weighted by atomic mass is 19.1. The number of rotatable bonds is 4. The first kappa shape index (κ1) is 18.6. The van der Waals surface area contributed by atoms with Gasteiger partial charge in [-0.05, 0) is 41.7 Å². The van der Waals surface area contributed by atoms with Gasteiger partial charge in [-0.25, -0.2) is 24.3 Å². The van der Waals surface area contributed by atoms with Gasteiger partial charge in [0.1, 0.15) is 23.8 Å². The molecule has 3 aliphatic rings. The van der Waals surface area contributed by atoms with Crippen molar-refractivity contribution in [2.45, 2.75) is 31.7 Å². The number of nitrogens with two attached hydrogens (primary N) is 1. The molecule has 158 valence electrons. The fourth-order valence-corrected chi connectivity index (χ4v) is 5.14. The molecule has 0 radical (unpaired) electrons. The molecule has 1 atom stereocenters. The van der Waals surface area contributed by atoms with Crippen LogP contribution in [0.25, 0.3) is 11.1 Å². The first-order valence-corrected chi connectivity index (χ1v) is 10.7. The topological polar surface area (TPSA) is 92.8 Å². The molecule has 1 spiro atoms. The number of anilines is 2. The molecular formula is C23H24FN7. The first-order valence-electron chi connectivity index (χ1n) is 10.7. The molecule has 0 unspecified atom stereocenters. The van der Waals surface area contributed by atoms with E-state index in [-0.39, 0.29) is 17.3 Å². The Morgan fingerprint density at radius 2 is 2.03 bits per heavy atom. The third-order valence-corrected chi connectivity index (χ3v) is 6.99. The van der Waals surface area contributed by atoms with Gasteiger partial charge < -0.3 is 16.0 Å². The van der Waals surface area contributed by atoms with Crippen molar-refractivity contribution in [1.29, 1.82) is 0 Å². The van der Waals surface area contributed by atoms with E-state index in [9.17, 15) is 4.39 Å². The molecule has 31 heavy (non-hydrogen) atoms. The van der Waals surface area contributed by atoms with E-state index in [1.165, 1.54) is 19.2 Å². The van der Waals surface area contributed by atoms with Crippen LogP contribution in [0, 0.1) is 11.2 Å². The molecule has 8 heteroatoms. The van der Waals surface area contributed by atoms with Crippen LogP contribution >= 0.6 is 0 Å². The Morgan fingerprint density at radius 3 is 2.74 bits per heavy atom. The number of fused-ring (bicyclic) bond motifs is 3. The molecule has 1 aliphatic heterocycles. The summed E-state index contributed by atoms with van der Waals surface area (Å²) in [6.45, 7) is 1.66. The zero-order chi connectivity index (χ0) is 21.2. The summed E-state index contributed by atoms with van der Waals surface area (Å²) in [5.41, 5.74) is 12.3. The molecule has 2 fully saturated rings. The second-order valence-corrected chi connectivity index (χ2v) is 8.96. The van der Waals surface area contributed by atoms with Crippen LogP contribution in [0.4, 0.5) is 15.9 Å². The van der Waals surface area contributed by atoms with Crippen LogP contribution in [0.5, 0.6) is 0 Å². The van der Waals surface area contributed by atoms with Gasteiger partial charge in [0.05, 0.1) is 5.69 Å². The summed E-state index contributed by atoms with van der Waals surface area (Å²) in [7, 11) is 1.82. The number of benzene rings is 1. The maximum Gasteiger partial charge on any atom is 0.140 e. The molecule has 7 nitrogen and oxygen atoms in total. The molecule has 1 saturated heterocycles. The summed E-state index contributed by atoms with van der Waals surface area (Å²) in [6, 6.07) is 3.30. The van der Waals surface area contributed by atoms with Crippen LogP contribution in [0.3, 0.4) is 0 Å². The average molecular weight is 417 g/mol. The third kappa shape index (κ3) is 2.96. The first-order chi connectivity index (χ1) is 15.1. The summed E-state index contributed by atoms with van der Waals surface area (Å²) in [4.78, 5) is 20.4. The Hall–Kier alpha value is -3.13. The van der Waals surface area contributed by atoms with E-state index in [1.807, 2.05) is 7.05 Å².